The van der Waals surface area contributed by atoms with E-state index in [1.54, 1.807) is 48.1 Å². The highest BCUT2D eigenvalue weighted by atomic mass is 32.1. The molecule has 1 amide bonds. The number of rotatable bonds is 7. The number of ether oxygens (including phenoxy) is 1. The molecule has 2 aromatic heterocycles. The zero-order valence-corrected chi connectivity index (χ0v) is 16.3. The lowest BCUT2D eigenvalue weighted by molar-refractivity contribution is -0.384. The van der Waals surface area contributed by atoms with E-state index in [0.29, 0.717) is 23.7 Å². The van der Waals surface area contributed by atoms with Gasteiger partial charge >= 0.3 is 0 Å². The van der Waals surface area contributed by atoms with Gasteiger partial charge in [0.15, 0.2) is 5.69 Å². The van der Waals surface area contributed by atoms with E-state index < -0.39 is 10.8 Å². The van der Waals surface area contributed by atoms with E-state index in [1.807, 2.05) is 11.4 Å². The van der Waals surface area contributed by atoms with Gasteiger partial charge in [0.2, 0.25) is 0 Å². The third-order valence-electron chi connectivity index (χ3n) is 4.14. The molecule has 10 heteroatoms. The van der Waals surface area contributed by atoms with Crippen LogP contribution in [0, 0.1) is 10.1 Å². The monoisotopic (exact) mass is 421 g/mol. The lowest BCUT2D eigenvalue weighted by atomic mass is 10.2. The SMILES string of the molecule is O=C(Nc1ccccc1OCc1cscn1)c1ccn(-c2ccc([N+](=O)[O-])cc2)n1. The van der Waals surface area contributed by atoms with Crippen LogP contribution >= 0.6 is 11.3 Å². The number of anilines is 1. The van der Waals surface area contributed by atoms with Crippen molar-refractivity contribution >= 4 is 28.6 Å². The maximum Gasteiger partial charge on any atom is 0.276 e. The molecule has 2 aromatic carbocycles. The van der Waals surface area contributed by atoms with E-state index in [0.717, 1.165) is 5.69 Å². The van der Waals surface area contributed by atoms with Crippen molar-refractivity contribution in [1.82, 2.24) is 14.8 Å². The molecule has 0 aliphatic rings. The molecule has 9 nitrogen and oxygen atoms in total. The number of aromatic nitrogens is 3. The summed E-state index contributed by atoms with van der Waals surface area (Å²) in [5, 5.41) is 19.7. The Morgan fingerprint density at radius 1 is 1.17 bits per heavy atom. The first kappa shape index (κ1) is 19.3. The average Bonchev–Trinajstić information content (AvgIpc) is 3.45. The van der Waals surface area contributed by atoms with Crippen LogP contribution in [0.3, 0.4) is 0 Å². The summed E-state index contributed by atoms with van der Waals surface area (Å²) in [5.74, 6) is 0.119. The molecule has 0 saturated heterocycles. The van der Waals surface area contributed by atoms with Gasteiger partial charge in [0, 0.05) is 23.7 Å². The minimum absolute atomic E-state index is 0.0156. The zero-order chi connectivity index (χ0) is 20.9. The number of non-ortho nitro benzene ring substituents is 1. The smallest absolute Gasteiger partial charge is 0.276 e. The minimum atomic E-state index is -0.473. The van der Waals surface area contributed by atoms with E-state index in [4.69, 9.17) is 4.74 Å². The molecule has 150 valence electrons. The van der Waals surface area contributed by atoms with Gasteiger partial charge in [-0.25, -0.2) is 9.67 Å². The van der Waals surface area contributed by atoms with Gasteiger partial charge < -0.3 is 10.1 Å². The standard InChI is InChI=1S/C20H15N5O4S/c26-20(18-9-10-24(23-18)15-5-7-16(8-6-15)25(27)28)22-17-3-1-2-4-19(17)29-11-14-12-30-13-21-14/h1-10,12-13H,11H2,(H,22,26). The summed E-state index contributed by atoms with van der Waals surface area (Å²) in [6, 6.07) is 14.6. The Hall–Kier alpha value is -4.05. The first-order chi connectivity index (χ1) is 14.6. The largest absolute Gasteiger partial charge is 0.485 e. The Bertz CT molecular complexity index is 1170. The van der Waals surface area contributed by atoms with Gasteiger partial charge in [-0.3, -0.25) is 14.9 Å². The maximum atomic E-state index is 12.6. The first-order valence-electron chi connectivity index (χ1n) is 8.81. The van der Waals surface area contributed by atoms with Crippen molar-refractivity contribution in [2.75, 3.05) is 5.32 Å². The fourth-order valence-corrected chi connectivity index (χ4v) is 3.20. The van der Waals surface area contributed by atoms with Gasteiger partial charge in [0.1, 0.15) is 12.4 Å². The van der Waals surface area contributed by atoms with E-state index in [1.165, 1.54) is 28.2 Å². The van der Waals surface area contributed by atoms with Crippen LogP contribution in [0.1, 0.15) is 16.2 Å². The summed E-state index contributed by atoms with van der Waals surface area (Å²) in [6.45, 7) is 0.297. The zero-order valence-electron chi connectivity index (χ0n) is 15.5. The van der Waals surface area contributed by atoms with Crippen molar-refractivity contribution in [2.45, 2.75) is 6.61 Å². The number of para-hydroxylation sites is 2. The van der Waals surface area contributed by atoms with Gasteiger partial charge in [-0.2, -0.15) is 5.10 Å². The quantitative estimate of drug-likeness (QED) is 0.356. The van der Waals surface area contributed by atoms with Crippen molar-refractivity contribution < 1.29 is 14.5 Å². The molecule has 0 saturated carbocycles. The van der Waals surface area contributed by atoms with Gasteiger partial charge in [-0.05, 0) is 30.3 Å². The fraction of sp³-hybridized carbons (Fsp3) is 0.0500. The van der Waals surface area contributed by atoms with E-state index in [-0.39, 0.29) is 11.4 Å². The topological polar surface area (TPSA) is 112 Å². The normalized spacial score (nSPS) is 10.5. The number of nitro groups is 1. The second-order valence-electron chi connectivity index (χ2n) is 6.14. The number of hydrogen-bond acceptors (Lipinski definition) is 7. The van der Waals surface area contributed by atoms with Crippen LogP contribution in [0.2, 0.25) is 0 Å². The summed E-state index contributed by atoms with van der Waals surface area (Å²) >= 11 is 1.48. The molecule has 2 heterocycles. The number of nitrogens with zero attached hydrogens (tertiary/aromatic N) is 4. The number of hydrogen-bond donors (Lipinski definition) is 1. The van der Waals surface area contributed by atoms with Gasteiger partial charge in [0.05, 0.1) is 27.5 Å². The summed E-state index contributed by atoms with van der Waals surface area (Å²) < 4.78 is 7.25. The Labute approximate surface area is 174 Å². The fourth-order valence-electron chi connectivity index (χ4n) is 2.66. The Balaban J connectivity index is 1.46. The molecule has 30 heavy (non-hydrogen) atoms. The van der Waals surface area contributed by atoms with Gasteiger partial charge in [-0.15, -0.1) is 11.3 Å². The minimum Gasteiger partial charge on any atom is -0.485 e. The van der Waals surface area contributed by atoms with E-state index in [2.05, 4.69) is 15.4 Å². The van der Waals surface area contributed by atoms with Crippen LogP contribution in [0.25, 0.3) is 5.69 Å². The molecule has 0 bridgehead atoms. The molecule has 4 aromatic rings. The third kappa shape index (κ3) is 4.33. The van der Waals surface area contributed by atoms with Crippen LogP contribution in [-0.4, -0.2) is 25.6 Å². The molecule has 1 N–H and O–H groups in total. The summed E-state index contributed by atoms with van der Waals surface area (Å²) in [5.41, 5.74) is 3.84. The molecular formula is C20H15N5O4S. The summed E-state index contributed by atoms with van der Waals surface area (Å²) in [7, 11) is 0. The predicted octanol–water partition coefficient (Wildman–Crippen LogP) is 4.07. The van der Waals surface area contributed by atoms with Gasteiger partial charge in [-0.1, -0.05) is 12.1 Å². The number of benzene rings is 2. The van der Waals surface area contributed by atoms with Crippen LogP contribution in [-0.2, 0) is 6.61 Å². The third-order valence-corrected chi connectivity index (χ3v) is 4.78. The summed E-state index contributed by atoms with van der Waals surface area (Å²) in [4.78, 5) is 27.1. The Morgan fingerprint density at radius 3 is 2.70 bits per heavy atom. The van der Waals surface area contributed by atoms with Crippen molar-refractivity contribution in [1.29, 1.82) is 0 Å². The molecule has 0 unspecified atom stereocenters. The molecular weight excluding hydrogens is 406 g/mol. The number of carbonyl (C=O) groups excluding carboxylic acids is 1. The van der Waals surface area contributed by atoms with Crippen LogP contribution < -0.4 is 10.1 Å². The van der Waals surface area contributed by atoms with E-state index >= 15 is 0 Å². The molecule has 0 radical (unpaired) electrons. The van der Waals surface area contributed by atoms with Crippen LogP contribution in [0.15, 0.2) is 71.7 Å². The number of nitro benzene ring substituents is 1. The van der Waals surface area contributed by atoms with E-state index in [9.17, 15) is 14.9 Å². The number of carbonyl (C=O) groups is 1. The first-order valence-corrected chi connectivity index (χ1v) is 9.75. The number of nitrogens with one attached hydrogen (secondary N) is 1. The summed E-state index contributed by atoms with van der Waals surface area (Å²) in [6.07, 6.45) is 1.61. The number of thiazole rings is 1. The second kappa shape index (κ2) is 8.53. The average molecular weight is 421 g/mol. The van der Waals surface area contributed by atoms with Crippen LogP contribution in [0.5, 0.6) is 5.75 Å². The van der Waals surface area contributed by atoms with Crippen molar-refractivity contribution in [2.24, 2.45) is 0 Å². The lowest BCUT2D eigenvalue weighted by Gasteiger charge is -2.11. The van der Waals surface area contributed by atoms with Crippen molar-refractivity contribution in [3.05, 3.63) is 93.2 Å². The highest BCUT2D eigenvalue weighted by Crippen LogP contribution is 2.25. The van der Waals surface area contributed by atoms with Gasteiger partial charge in [0.25, 0.3) is 11.6 Å². The number of amides is 1. The highest BCUT2D eigenvalue weighted by molar-refractivity contribution is 7.07. The molecule has 4 rings (SSSR count). The van der Waals surface area contributed by atoms with Crippen LogP contribution in [0.4, 0.5) is 11.4 Å². The van der Waals surface area contributed by atoms with Crippen molar-refractivity contribution in [3.63, 3.8) is 0 Å². The Kier molecular flexibility index (Phi) is 5.48. The molecule has 0 spiro atoms. The molecule has 0 fully saturated rings. The predicted molar refractivity (Wildman–Crippen MR) is 111 cm³/mol. The maximum absolute atomic E-state index is 12.6. The molecule has 0 atom stereocenters. The van der Waals surface area contributed by atoms with Crippen molar-refractivity contribution in [3.8, 4) is 11.4 Å². The molecule has 0 aliphatic heterocycles. The lowest BCUT2D eigenvalue weighted by Crippen LogP contribution is -2.14. The molecule has 0 aliphatic carbocycles. The Morgan fingerprint density at radius 2 is 1.97 bits per heavy atom. The second-order valence-corrected chi connectivity index (χ2v) is 6.86. The highest BCUT2D eigenvalue weighted by Gasteiger charge is 2.14.